The summed E-state index contributed by atoms with van der Waals surface area (Å²) in [5.41, 5.74) is 4.58. The molecule has 4 aromatic rings. The fourth-order valence-corrected chi connectivity index (χ4v) is 6.09. The fourth-order valence-electron chi connectivity index (χ4n) is 4.88. The van der Waals surface area contributed by atoms with Crippen LogP contribution in [0.1, 0.15) is 32.8 Å². The smallest absolute Gasteiger partial charge is 0.203 e. The van der Waals surface area contributed by atoms with Crippen LogP contribution in [0.5, 0.6) is 11.5 Å². The lowest BCUT2D eigenvalue weighted by Gasteiger charge is -2.37. The largest absolute Gasteiger partial charge is 0.508 e. The molecule has 1 aliphatic heterocycles. The number of thiophene rings is 1. The molecule has 1 aromatic heterocycles. The van der Waals surface area contributed by atoms with Gasteiger partial charge in [0.15, 0.2) is 0 Å². The number of aromatic hydroxyl groups is 1. The highest BCUT2D eigenvalue weighted by atomic mass is 32.1. The number of rotatable bonds is 9. The lowest BCUT2D eigenvalue weighted by atomic mass is 9.95. The molecule has 0 radical (unpaired) electrons. The molecule has 0 saturated carbocycles. The van der Waals surface area contributed by atoms with Crippen LogP contribution in [-0.4, -0.2) is 48.7 Å². The van der Waals surface area contributed by atoms with E-state index in [1.165, 1.54) is 11.3 Å². The molecule has 1 fully saturated rings. The average molecular weight is 504 g/mol. The maximum absolute atomic E-state index is 13.7. The fraction of sp³-hybridized carbons (Fsp3) is 0.300. The molecule has 186 valence electrons. The van der Waals surface area contributed by atoms with Crippen LogP contribution in [-0.2, 0) is 0 Å². The SMILES string of the molecule is Cc1ccc(C(=O)c2sc3cc(O)ccc3c2-c2ccc(OCCCN3CC(CF)C3)cc2)c(C)c1. The lowest BCUT2D eigenvalue weighted by molar-refractivity contribution is 0.0755. The van der Waals surface area contributed by atoms with E-state index < -0.39 is 0 Å². The number of phenols is 1. The zero-order valence-corrected chi connectivity index (χ0v) is 21.4. The van der Waals surface area contributed by atoms with Crippen molar-refractivity contribution in [1.82, 2.24) is 4.90 Å². The van der Waals surface area contributed by atoms with E-state index in [1.54, 1.807) is 12.1 Å². The van der Waals surface area contributed by atoms with Crippen LogP contribution in [0.15, 0.2) is 60.7 Å². The minimum absolute atomic E-state index is 0.00971. The normalized spacial score (nSPS) is 14.2. The Morgan fingerprint density at radius 1 is 1.08 bits per heavy atom. The molecule has 5 rings (SSSR count). The van der Waals surface area contributed by atoms with Gasteiger partial charge in [-0.2, -0.15) is 0 Å². The van der Waals surface area contributed by atoms with E-state index in [-0.39, 0.29) is 24.1 Å². The van der Waals surface area contributed by atoms with Gasteiger partial charge in [-0.15, -0.1) is 11.3 Å². The molecule has 0 spiro atoms. The molecule has 3 aromatic carbocycles. The Labute approximate surface area is 215 Å². The zero-order chi connectivity index (χ0) is 25.2. The number of hydrogen-bond acceptors (Lipinski definition) is 5. The summed E-state index contributed by atoms with van der Waals surface area (Å²) in [6, 6.07) is 19.0. The van der Waals surface area contributed by atoms with Crippen molar-refractivity contribution in [1.29, 1.82) is 0 Å². The van der Waals surface area contributed by atoms with Gasteiger partial charge < -0.3 is 14.7 Å². The third-order valence-corrected chi connectivity index (χ3v) is 7.94. The van der Waals surface area contributed by atoms with Gasteiger partial charge in [-0.05, 0) is 61.7 Å². The first kappa shape index (κ1) is 24.5. The van der Waals surface area contributed by atoms with Crippen LogP contribution in [0.2, 0.25) is 0 Å². The van der Waals surface area contributed by atoms with Crippen LogP contribution in [0, 0.1) is 19.8 Å². The van der Waals surface area contributed by atoms with E-state index >= 15 is 0 Å². The summed E-state index contributed by atoms with van der Waals surface area (Å²) in [6.07, 6.45) is 0.897. The number of likely N-dealkylation sites (tertiary alicyclic amines) is 1. The van der Waals surface area contributed by atoms with E-state index in [1.807, 2.05) is 62.4 Å². The number of ketones is 1. The summed E-state index contributed by atoms with van der Waals surface area (Å²) in [4.78, 5) is 16.6. The Bertz CT molecular complexity index is 1390. The number of hydrogen-bond donors (Lipinski definition) is 1. The Morgan fingerprint density at radius 2 is 1.86 bits per heavy atom. The topological polar surface area (TPSA) is 49.8 Å². The summed E-state index contributed by atoms with van der Waals surface area (Å²) in [5.74, 6) is 1.17. The first-order valence-electron chi connectivity index (χ1n) is 12.3. The average Bonchev–Trinajstić information content (AvgIpc) is 3.21. The Balaban J connectivity index is 1.37. The van der Waals surface area contributed by atoms with Crippen LogP contribution >= 0.6 is 11.3 Å². The second-order valence-electron chi connectivity index (χ2n) is 9.64. The molecular weight excluding hydrogens is 473 g/mol. The molecule has 0 unspecified atom stereocenters. The highest BCUT2D eigenvalue weighted by Gasteiger charge is 2.25. The van der Waals surface area contributed by atoms with Gasteiger partial charge in [0.05, 0.1) is 18.2 Å². The number of benzene rings is 3. The van der Waals surface area contributed by atoms with Gasteiger partial charge in [0, 0.05) is 46.8 Å². The van der Waals surface area contributed by atoms with E-state index in [0.29, 0.717) is 17.0 Å². The summed E-state index contributed by atoms with van der Waals surface area (Å²) < 4.78 is 19.4. The minimum atomic E-state index is -0.224. The predicted octanol–water partition coefficient (Wildman–Crippen LogP) is 6.79. The molecule has 4 nitrogen and oxygen atoms in total. The third-order valence-electron chi connectivity index (χ3n) is 6.79. The lowest BCUT2D eigenvalue weighted by Crippen LogP contribution is -2.48. The van der Waals surface area contributed by atoms with Crippen LogP contribution < -0.4 is 4.74 Å². The number of alkyl halides is 1. The molecular formula is C30H30FNO3S. The molecule has 1 aliphatic rings. The van der Waals surface area contributed by atoms with Gasteiger partial charge in [0.1, 0.15) is 11.5 Å². The van der Waals surface area contributed by atoms with E-state index in [4.69, 9.17) is 4.74 Å². The molecule has 0 bridgehead atoms. The second-order valence-corrected chi connectivity index (χ2v) is 10.7. The first-order valence-corrected chi connectivity index (χ1v) is 13.1. The van der Waals surface area contributed by atoms with Crippen molar-refractivity contribution in [2.45, 2.75) is 20.3 Å². The number of carbonyl (C=O) groups is 1. The van der Waals surface area contributed by atoms with Gasteiger partial charge in [0.25, 0.3) is 0 Å². The van der Waals surface area contributed by atoms with Crippen molar-refractivity contribution in [3.8, 4) is 22.6 Å². The third kappa shape index (κ3) is 5.01. The van der Waals surface area contributed by atoms with Crippen molar-refractivity contribution in [2.24, 2.45) is 5.92 Å². The van der Waals surface area contributed by atoms with Crippen molar-refractivity contribution < 1.29 is 19.0 Å². The van der Waals surface area contributed by atoms with Crippen molar-refractivity contribution in [2.75, 3.05) is 32.9 Å². The Morgan fingerprint density at radius 3 is 2.58 bits per heavy atom. The van der Waals surface area contributed by atoms with Crippen molar-refractivity contribution in [3.05, 3.63) is 82.2 Å². The maximum atomic E-state index is 13.7. The molecule has 2 heterocycles. The Hall–Kier alpha value is -3.22. The van der Waals surface area contributed by atoms with E-state index in [9.17, 15) is 14.3 Å². The number of phenolic OH excluding ortho intramolecular Hbond substituents is 1. The first-order chi connectivity index (χ1) is 17.4. The standard InChI is InChI=1S/C30H30FNO3S/c1-19-4-10-25(20(2)14-19)29(34)30-28(26-11-7-23(33)15-27(26)36-30)22-5-8-24(9-6-22)35-13-3-12-32-17-21(16-31)18-32/h4-11,14-15,21,33H,3,12-13,16-18H2,1-2H3. The summed E-state index contributed by atoms with van der Waals surface area (Å²) in [7, 11) is 0. The predicted molar refractivity (Wildman–Crippen MR) is 144 cm³/mol. The van der Waals surface area contributed by atoms with Crippen molar-refractivity contribution in [3.63, 3.8) is 0 Å². The Kier molecular flexibility index (Phi) is 7.08. The highest BCUT2D eigenvalue weighted by Crippen LogP contribution is 2.42. The number of aryl methyl sites for hydroxylation is 2. The maximum Gasteiger partial charge on any atom is 0.203 e. The number of nitrogens with zero attached hydrogens (tertiary/aromatic N) is 1. The molecule has 1 saturated heterocycles. The summed E-state index contributed by atoms with van der Waals surface area (Å²) in [5, 5.41) is 11.0. The molecule has 36 heavy (non-hydrogen) atoms. The van der Waals surface area contributed by atoms with Gasteiger partial charge in [-0.25, -0.2) is 0 Å². The number of carbonyl (C=O) groups excluding carboxylic acids is 1. The molecule has 0 aliphatic carbocycles. The van der Waals surface area contributed by atoms with E-state index in [0.717, 1.165) is 64.1 Å². The second kappa shape index (κ2) is 10.4. The monoisotopic (exact) mass is 503 g/mol. The minimum Gasteiger partial charge on any atom is -0.508 e. The zero-order valence-electron chi connectivity index (χ0n) is 20.6. The van der Waals surface area contributed by atoms with Gasteiger partial charge in [-0.3, -0.25) is 9.18 Å². The van der Waals surface area contributed by atoms with Gasteiger partial charge >= 0.3 is 0 Å². The number of fused-ring (bicyclic) bond motifs is 1. The summed E-state index contributed by atoms with van der Waals surface area (Å²) in [6.45, 7) is 6.98. The van der Waals surface area contributed by atoms with Gasteiger partial charge in [0.2, 0.25) is 5.78 Å². The van der Waals surface area contributed by atoms with E-state index in [2.05, 4.69) is 4.90 Å². The quantitative estimate of drug-likeness (QED) is 0.202. The van der Waals surface area contributed by atoms with Gasteiger partial charge in [-0.1, -0.05) is 35.9 Å². The van der Waals surface area contributed by atoms with Crippen LogP contribution in [0.4, 0.5) is 4.39 Å². The number of halogens is 1. The molecule has 0 amide bonds. The molecule has 1 N–H and O–H groups in total. The van der Waals surface area contributed by atoms with Crippen LogP contribution in [0.25, 0.3) is 21.2 Å². The van der Waals surface area contributed by atoms with Crippen molar-refractivity contribution >= 4 is 27.2 Å². The molecule has 6 heteroatoms. The summed E-state index contributed by atoms with van der Waals surface area (Å²) >= 11 is 1.41. The highest BCUT2D eigenvalue weighted by molar-refractivity contribution is 7.21. The number of ether oxygens (including phenoxy) is 1. The van der Waals surface area contributed by atoms with Crippen LogP contribution in [0.3, 0.4) is 0 Å². The molecule has 0 atom stereocenters.